The van der Waals surface area contributed by atoms with E-state index in [1.807, 2.05) is 24.4 Å². The maximum atomic E-state index is 11.0. The molecule has 24 heavy (non-hydrogen) atoms. The fourth-order valence-electron chi connectivity index (χ4n) is 2.55. The van der Waals surface area contributed by atoms with E-state index in [-0.39, 0.29) is 49.6 Å². The van der Waals surface area contributed by atoms with Crippen LogP contribution in [0.2, 0.25) is 0 Å². The molecule has 1 N–H and O–H groups in total. The number of aromatic nitrogens is 1. The molecule has 0 spiro atoms. The summed E-state index contributed by atoms with van der Waals surface area (Å²) in [5.74, 6) is 0.0946. The number of aliphatic carboxylic acids is 1. The third-order valence-electron chi connectivity index (χ3n) is 4.12. The third-order valence-corrected chi connectivity index (χ3v) is 5.55. The number of hydrogen-bond donors (Lipinski definition) is 1. The molecule has 1 aliphatic carbocycles. The van der Waals surface area contributed by atoms with Crippen LogP contribution >= 0.6 is 11.8 Å². The van der Waals surface area contributed by atoms with Gasteiger partial charge in [0.1, 0.15) is 0 Å². The van der Waals surface area contributed by atoms with Gasteiger partial charge in [-0.15, -0.1) is 11.8 Å². The summed E-state index contributed by atoms with van der Waals surface area (Å²) in [5, 5.41) is 17.9. The summed E-state index contributed by atoms with van der Waals surface area (Å²) in [5.41, 5.74) is 2.63. The van der Waals surface area contributed by atoms with Crippen molar-refractivity contribution in [1.82, 2.24) is 4.98 Å². The van der Waals surface area contributed by atoms with Crippen LogP contribution in [0, 0.1) is 16.7 Å². The standard InChI is InChI=1S/C18H16N2O2S.Ca.2H/c19-10-13-1-3-14(4-2-13)15-11-20-8-5-16(15)23-12-18(6-7-18)9-17(21)22;;;/h1-5,8,11H,6-7,9,12H2,(H,21,22);;;. The van der Waals surface area contributed by atoms with E-state index in [1.165, 1.54) is 0 Å². The second kappa shape index (κ2) is 8.35. The molecule has 4 nitrogen and oxygen atoms in total. The number of rotatable bonds is 6. The number of benzene rings is 1. The van der Waals surface area contributed by atoms with Crippen molar-refractivity contribution in [2.75, 3.05) is 5.75 Å². The summed E-state index contributed by atoms with van der Waals surface area (Å²) in [6.45, 7) is 0. The molecule has 0 radical (unpaired) electrons. The molecule has 1 aromatic carbocycles. The number of hydrogen-bond acceptors (Lipinski definition) is 4. The van der Waals surface area contributed by atoms with Gasteiger partial charge in [-0.25, -0.2) is 0 Å². The van der Waals surface area contributed by atoms with Gasteiger partial charge in [-0.2, -0.15) is 5.26 Å². The van der Waals surface area contributed by atoms with Gasteiger partial charge in [-0.05, 0) is 42.0 Å². The summed E-state index contributed by atoms with van der Waals surface area (Å²) in [4.78, 5) is 16.3. The first-order valence-corrected chi connectivity index (χ1v) is 8.40. The first kappa shape index (κ1) is 19.3. The van der Waals surface area contributed by atoms with E-state index in [0.29, 0.717) is 5.56 Å². The molecule has 0 atom stereocenters. The Morgan fingerprint density at radius 1 is 1.29 bits per heavy atom. The quantitative estimate of drug-likeness (QED) is 0.628. The number of carboxylic acids is 1. The number of pyridine rings is 1. The van der Waals surface area contributed by atoms with Crippen LogP contribution in [0.1, 0.15) is 24.8 Å². The zero-order valence-corrected chi connectivity index (χ0v) is 13.3. The molecule has 1 heterocycles. The zero-order chi connectivity index (χ0) is 16.3. The Labute approximate surface area is 175 Å². The summed E-state index contributed by atoms with van der Waals surface area (Å²) in [6, 6.07) is 11.5. The molecule has 2 aromatic rings. The van der Waals surface area contributed by atoms with Gasteiger partial charge in [-0.3, -0.25) is 9.78 Å². The van der Waals surface area contributed by atoms with E-state index in [0.717, 1.165) is 34.6 Å². The topological polar surface area (TPSA) is 74.0 Å². The van der Waals surface area contributed by atoms with Crippen LogP contribution in [-0.4, -0.2) is 59.6 Å². The third kappa shape index (κ3) is 4.73. The molecule has 1 aromatic heterocycles. The fourth-order valence-corrected chi connectivity index (χ4v) is 3.88. The van der Waals surface area contributed by atoms with Crippen LogP contribution in [0.4, 0.5) is 0 Å². The summed E-state index contributed by atoms with van der Waals surface area (Å²) < 4.78 is 0. The van der Waals surface area contributed by atoms with Crippen LogP contribution < -0.4 is 0 Å². The SMILES string of the molecule is N#Cc1ccc(-c2cnccc2SCC2(CC(=O)O)CC2)cc1.[CaH2]. The Bertz CT molecular complexity index is 767. The van der Waals surface area contributed by atoms with Gasteiger partial charge in [0.15, 0.2) is 0 Å². The van der Waals surface area contributed by atoms with Crippen molar-refractivity contribution < 1.29 is 9.90 Å². The van der Waals surface area contributed by atoms with Crippen LogP contribution in [0.15, 0.2) is 47.6 Å². The molecule has 1 aliphatic rings. The number of carbonyl (C=O) groups is 1. The average molecular weight is 366 g/mol. The van der Waals surface area contributed by atoms with Gasteiger partial charge in [0.2, 0.25) is 0 Å². The van der Waals surface area contributed by atoms with Crippen molar-refractivity contribution in [2.45, 2.75) is 24.2 Å². The first-order chi connectivity index (χ1) is 11.1. The van der Waals surface area contributed by atoms with Gasteiger partial charge >= 0.3 is 43.7 Å². The summed E-state index contributed by atoms with van der Waals surface area (Å²) in [6.07, 6.45) is 5.80. The minimum atomic E-state index is -0.717. The second-order valence-electron chi connectivity index (χ2n) is 5.92. The Hall–Kier alpha value is -1.06. The zero-order valence-electron chi connectivity index (χ0n) is 12.5. The van der Waals surface area contributed by atoms with Crippen molar-refractivity contribution in [1.29, 1.82) is 5.26 Å². The summed E-state index contributed by atoms with van der Waals surface area (Å²) >= 11 is 1.69. The molecular weight excluding hydrogens is 348 g/mol. The first-order valence-electron chi connectivity index (χ1n) is 7.41. The van der Waals surface area contributed by atoms with E-state index in [9.17, 15) is 4.79 Å². The normalized spacial score (nSPS) is 14.3. The van der Waals surface area contributed by atoms with Gasteiger partial charge in [0, 0.05) is 28.6 Å². The Kier molecular flexibility index (Phi) is 6.70. The van der Waals surface area contributed by atoms with Crippen molar-refractivity contribution in [3.8, 4) is 17.2 Å². The van der Waals surface area contributed by atoms with Crippen molar-refractivity contribution >= 4 is 55.5 Å². The predicted molar refractivity (Wildman–Crippen MR) is 97.6 cm³/mol. The number of nitriles is 1. The van der Waals surface area contributed by atoms with Crippen LogP contribution in [0.25, 0.3) is 11.1 Å². The van der Waals surface area contributed by atoms with E-state index < -0.39 is 5.97 Å². The molecule has 1 saturated carbocycles. The number of carboxylic acid groups (broad SMARTS) is 1. The van der Waals surface area contributed by atoms with Crippen LogP contribution in [0.5, 0.6) is 0 Å². The van der Waals surface area contributed by atoms with Crippen molar-refractivity contribution in [3.63, 3.8) is 0 Å². The molecule has 0 aliphatic heterocycles. The predicted octanol–water partition coefficient (Wildman–Crippen LogP) is 3.05. The Morgan fingerprint density at radius 3 is 2.58 bits per heavy atom. The Balaban J connectivity index is 0.00000208. The van der Waals surface area contributed by atoms with Gasteiger partial charge in [0.05, 0.1) is 18.1 Å². The fraction of sp³-hybridized carbons (Fsp3) is 0.278. The number of nitrogens with zero attached hydrogens (tertiary/aromatic N) is 2. The summed E-state index contributed by atoms with van der Waals surface area (Å²) in [7, 11) is 0. The van der Waals surface area contributed by atoms with E-state index in [2.05, 4.69) is 11.1 Å². The van der Waals surface area contributed by atoms with Gasteiger partial charge < -0.3 is 5.11 Å². The molecule has 0 saturated heterocycles. The van der Waals surface area contributed by atoms with Crippen molar-refractivity contribution in [2.24, 2.45) is 5.41 Å². The second-order valence-corrected chi connectivity index (χ2v) is 6.94. The van der Waals surface area contributed by atoms with Crippen LogP contribution in [0.3, 0.4) is 0 Å². The van der Waals surface area contributed by atoms with Crippen molar-refractivity contribution in [3.05, 3.63) is 48.3 Å². The molecule has 120 valence electrons. The maximum absolute atomic E-state index is 11.0. The molecule has 0 bridgehead atoms. The molecule has 0 amide bonds. The number of thioether (sulfide) groups is 1. The molecule has 0 unspecified atom stereocenters. The Morgan fingerprint density at radius 2 is 2.00 bits per heavy atom. The molecule has 6 heteroatoms. The monoisotopic (exact) mass is 366 g/mol. The minimum absolute atomic E-state index is 0. The average Bonchev–Trinajstić information content (AvgIpc) is 3.32. The molecule has 1 fully saturated rings. The van der Waals surface area contributed by atoms with E-state index in [1.54, 1.807) is 30.1 Å². The molecular formula is C18H18CaN2O2S. The van der Waals surface area contributed by atoms with Gasteiger partial charge in [0.25, 0.3) is 0 Å². The van der Waals surface area contributed by atoms with E-state index in [4.69, 9.17) is 10.4 Å². The molecule has 3 rings (SSSR count). The van der Waals surface area contributed by atoms with Gasteiger partial charge in [-0.1, -0.05) is 12.1 Å². The van der Waals surface area contributed by atoms with E-state index >= 15 is 0 Å². The van der Waals surface area contributed by atoms with Crippen LogP contribution in [-0.2, 0) is 4.79 Å².